The number of imide groups is 1. The van der Waals surface area contributed by atoms with Gasteiger partial charge in [0.15, 0.2) is 0 Å². The normalized spacial score (nSPS) is 20.0. The van der Waals surface area contributed by atoms with E-state index in [0.29, 0.717) is 5.02 Å². The summed E-state index contributed by atoms with van der Waals surface area (Å²) in [5, 5.41) is 13.3. The fraction of sp³-hybridized carbons (Fsp3) is 0.300. The molecule has 0 aliphatic carbocycles. The molecule has 2 unspecified atom stereocenters. The van der Waals surface area contributed by atoms with Crippen LogP contribution < -0.4 is 10.1 Å². The first-order valence-corrected chi connectivity index (χ1v) is 9.75. The minimum absolute atomic E-state index is 0.179. The van der Waals surface area contributed by atoms with Crippen LogP contribution in [0, 0.1) is 0 Å². The molecule has 2 aromatic rings. The second-order valence-electron chi connectivity index (χ2n) is 7.09. The molecule has 0 bridgehead atoms. The third-order valence-corrected chi connectivity index (χ3v) is 5.33. The lowest BCUT2D eigenvalue weighted by Gasteiger charge is -2.23. The molecule has 1 saturated heterocycles. The largest absolute Gasteiger partial charge is 0.489 e. The van der Waals surface area contributed by atoms with Crippen molar-refractivity contribution >= 4 is 35.1 Å². The van der Waals surface area contributed by atoms with Crippen molar-refractivity contribution in [2.75, 3.05) is 13.2 Å². The first kappa shape index (κ1) is 23.2. The number of aliphatic hydroxyl groups excluding tert-OH is 1. The fourth-order valence-electron chi connectivity index (χ4n) is 3.09. The lowest BCUT2D eigenvalue weighted by molar-refractivity contribution is -0.137. The first-order valence-electron chi connectivity index (χ1n) is 8.99. The number of nitrogens with zero attached hydrogens (tertiary/aromatic N) is 1. The van der Waals surface area contributed by atoms with Gasteiger partial charge in [0.1, 0.15) is 24.0 Å². The number of urea groups is 1. The van der Waals surface area contributed by atoms with E-state index in [2.05, 4.69) is 5.32 Å². The highest BCUT2D eigenvalue weighted by molar-refractivity contribution is 6.34. The molecule has 0 radical (unpaired) electrons. The van der Waals surface area contributed by atoms with Crippen molar-refractivity contribution in [2.24, 2.45) is 0 Å². The van der Waals surface area contributed by atoms with Gasteiger partial charge in [0.25, 0.3) is 5.91 Å². The number of aliphatic hydroxyl groups is 1. The SMILES string of the molecule is CC1(c2ccc(C(F)(F)F)cc2)NC(=O)N(CC(O)COc2cc(Cl)ccc2Cl)C1=O. The Balaban J connectivity index is 1.68. The quantitative estimate of drug-likeness (QED) is 0.611. The number of amides is 3. The van der Waals surface area contributed by atoms with Crippen molar-refractivity contribution in [3.63, 3.8) is 0 Å². The Bertz CT molecular complexity index is 1000. The zero-order valence-electron chi connectivity index (χ0n) is 16.0. The minimum Gasteiger partial charge on any atom is -0.489 e. The number of halogens is 5. The number of carbonyl (C=O) groups is 2. The van der Waals surface area contributed by atoms with Gasteiger partial charge < -0.3 is 15.2 Å². The summed E-state index contributed by atoms with van der Waals surface area (Å²) in [6, 6.07) is 7.66. The maximum absolute atomic E-state index is 12.9. The molecular weight excluding hydrogens is 460 g/mol. The molecule has 1 heterocycles. The summed E-state index contributed by atoms with van der Waals surface area (Å²) in [6.07, 6.45) is -5.77. The van der Waals surface area contributed by atoms with Crippen LogP contribution in [-0.2, 0) is 16.5 Å². The smallest absolute Gasteiger partial charge is 0.416 e. The van der Waals surface area contributed by atoms with E-state index in [9.17, 15) is 27.9 Å². The second kappa shape index (κ2) is 8.57. The highest BCUT2D eigenvalue weighted by Gasteiger charge is 2.49. The van der Waals surface area contributed by atoms with E-state index in [-0.39, 0.29) is 29.5 Å². The third kappa shape index (κ3) is 4.89. The number of rotatable bonds is 6. The molecule has 2 aromatic carbocycles. The van der Waals surface area contributed by atoms with Gasteiger partial charge in [0.05, 0.1) is 17.1 Å². The molecule has 2 N–H and O–H groups in total. The van der Waals surface area contributed by atoms with Gasteiger partial charge in [-0.2, -0.15) is 13.2 Å². The van der Waals surface area contributed by atoms with Crippen LogP contribution in [-0.4, -0.2) is 41.2 Å². The van der Waals surface area contributed by atoms with Crippen LogP contribution in [0.4, 0.5) is 18.0 Å². The van der Waals surface area contributed by atoms with E-state index in [1.54, 1.807) is 6.07 Å². The summed E-state index contributed by atoms with van der Waals surface area (Å²) in [6.45, 7) is 0.706. The number of benzene rings is 2. The lowest BCUT2D eigenvalue weighted by Crippen LogP contribution is -2.42. The van der Waals surface area contributed by atoms with E-state index < -0.39 is 35.3 Å². The zero-order valence-corrected chi connectivity index (χ0v) is 17.6. The van der Waals surface area contributed by atoms with Crippen molar-refractivity contribution in [1.29, 1.82) is 0 Å². The molecule has 0 spiro atoms. The van der Waals surface area contributed by atoms with Crippen molar-refractivity contribution in [3.05, 3.63) is 63.6 Å². The van der Waals surface area contributed by atoms with Gasteiger partial charge in [-0.05, 0) is 36.8 Å². The van der Waals surface area contributed by atoms with Crippen molar-refractivity contribution in [1.82, 2.24) is 10.2 Å². The molecule has 3 rings (SSSR count). The van der Waals surface area contributed by atoms with E-state index in [0.717, 1.165) is 29.2 Å². The molecule has 0 aromatic heterocycles. The maximum Gasteiger partial charge on any atom is 0.416 e. The average Bonchev–Trinajstić information content (AvgIpc) is 2.92. The number of hydrogen-bond acceptors (Lipinski definition) is 4. The van der Waals surface area contributed by atoms with Crippen LogP contribution in [0.25, 0.3) is 0 Å². The van der Waals surface area contributed by atoms with Gasteiger partial charge in [-0.3, -0.25) is 9.69 Å². The number of carbonyl (C=O) groups excluding carboxylic acids is 2. The summed E-state index contributed by atoms with van der Waals surface area (Å²) >= 11 is 11.8. The van der Waals surface area contributed by atoms with E-state index in [1.807, 2.05) is 0 Å². The monoisotopic (exact) mass is 476 g/mol. The van der Waals surface area contributed by atoms with Gasteiger partial charge in [-0.25, -0.2) is 4.79 Å². The molecule has 1 fully saturated rings. The molecule has 31 heavy (non-hydrogen) atoms. The summed E-state index contributed by atoms with van der Waals surface area (Å²) in [5.41, 5.74) is -2.27. The molecule has 11 heteroatoms. The van der Waals surface area contributed by atoms with Gasteiger partial charge in [0, 0.05) is 11.1 Å². The van der Waals surface area contributed by atoms with E-state index in [4.69, 9.17) is 27.9 Å². The average molecular weight is 477 g/mol. The van der Waals surface area contributed by atoms with Gasteiger partial charge >= 0.3 is 12.2 Å². The number of hydrogen-bond donors (Lipinski definition) is 2. The number of β-amino-alcohol motifs (C(OH)–C–C–N with tert-alkyl or cyclic N) is 1. The minimum atomic E-state index is -4.52. The van der Waals surface area contributed by atoms with Gasteiger partial charge in [-0.1, -0.05) is 35.3 Å². The van der Waals surface area contributed by atoms with E-state index >= 15 is 0 Å². The Morgan fingerprint density at radius 3 is 2.42 bits per heavy atom. The number of alkyl halides is 3. The van der Waals surface area contributed by atoms with Crippen LogP contribution in [0.5, 0.6) is 5.75 Å². The van der Waals surface area contributed by atoms with Gasteiger partial charge in [-0.15, -0.1) is 0 Å². The predicted molar refractivity (Wildman–Crippen MR) is 107 cm³/mol. The van der Waals surface area contributed by atoms with Crippen LogP contribution in [0.1, 0.15) is 18.1 Å². The molecule has 1 aliphatic rings. The Kier molecular flexibility index (Phi) is 6.40. The molecule has 1 aliphatic heterocycles. The number of nitrogens with one attached hydrogen (secondary N) is 1. The second-order valence-corrected chi connectivity index (χ2v) is 7.93. The van der Waals surface area contributed by atoms with Crippen LogP contribution in [0.3, 0.4) is 0 Å². The third-order valence-electron chi connectivity index (χ3n) is 4.78. The maximum atomic E-state index is 12.9. The Morgan fingerprint density at radius 2 is 1.81 bits per heavy atom. The Labute approximate surface area is 185 Å². The molecule has 0 saturated carbocycles. The molecule has 6 nitrogen and oxygen atoms in total. The Hall–Kier alpha value is -2.49. The number of ether oxygens (including phenoxy) is 1. The standard InChI is InChI=1S/C20H17Cl2F3N2O4/c1-19(11-2-4-12(5-3-11)20(23,24)25)17(29)27(18(30)26-19)9-14(28)10-31-16-8-13(21)6-7-15(16)22/h2-8,14,28H,9-10H2,1H3,(H,26,30). The fourth-order valence-corrected chi connectivity index (χ4v) is 3.42. The summed E-state index contributed by atoms with van der Waals surface area (Å²) in [5.74, 6) is -0.489. The van der Waals surface area contributed by atoms with Gasteiger partial charge in [0.2, 0.25) is 0 Å². The molecule has 3 amide bonds. The summed E-state index contributed by atoms with van der Waals surface area (Å²) in [4.78, 5) is 26.0. The Morgan fingerprint density at radius 1 is 1.16 bits per heavy atom. The lowest BCUT2D eigenvalue weighted by atomic mass is 9.91. The molecule has 166 valence electrons. The summed E-state index contributed by atoms with van der Waals surface area (Å²) in [7, 11) is 0. The molecule has 2 atom stereocenters. The summed E-state index contributed by atoms with van der Waals surface area (Å²) < 4.78 is 43.7. The van der Waals surface area contributed by atoms with Crippen LogP contribution in [0.15, 0.2) is 42.5 Å². The zero-order chi connectivity index (χ0) is 23.0. The predicted octanol–water partition coefficient (Wildman–Crippen LogP) is 4.22. The topological polar surface area (TPSA) is 78.9 Å². The highest BCUT2D eigenvalue weighted by atomic mass is 35.5. The first-order chi connectivity index (χ1) is 14.4. The van der Waals surface area contributed by atoms with Crippen LogP contribution >= 0.6 is 23.2 Å². The van der Waals surface area contributed by atoms with Crippen molar-refractivity contribution in [3.8, 4) is 5.75 Å². The van der Waals surface area contributed by atoms with E-state index in [1.165, 1.54) is 19.1 Å². The van der Waals surface area contributed by atoms with Crippen LogP contribution in [0.2, 0.25) is 10.0 Å². The molecular formula is C20H17Cl2F3N2O4. The highest BCUT2D eigenvalue weighted by Crippen LogP contribution is 2.33. The van der Waals surface area contributed by atoms with Crippen molar-refractivity contribution in [2.45, 2.75) is 24.7 Å². The van der Waals surface area contributed by atoms with Crippen molar-refractivity contribution < 1.29 is 32.6 Å².